The van der Waals surface area contributed by atoms with Crippen LogP contribution in [0.3, 0.4) is 0 Å². The molecule has 2 nitrogen and oxygen atoms in total. The predicted octanol–water partition coefficient (Wildman–Crippen LogP) is 3.53. The minimum Gasteiger partial charge on any atom is -0.375 e. The van der Waals surface area contributed by atoms with Crippen molar-refractivity contribution in [2.45, 2.75) is 19.4 Å². The van der Waals surface area contributed by atoms with E-state index in [1.54, 1.807) is 0 Å². The summed E-state index contributed by atoms with van der Waals surface area (Å²) in [4.78, 5) is 2.25. The fourth-order valence-electron chi connectivity index (χ4n) is 2.07. The molecule has 1 unspecified atom stereocenters. The molecule has 0 aliphatic carbocycles. The van der Waals surface area contributed by atoms with Gasteiger partial charge in [0.05, 0.1) is 0 Å². The van der Waals surface area contributed by atoms with Gasteiger partial charge in [0.25, 0.3) is 0 Å². The first-order valence-electron chi connectivity index (χ1n) is 6.79. The summed E-state index contributed by atoms with van der Waals surface area (Å²) in [6, 6.07) is 19.4. The zero-order valence-corrected chi connectivity index (χ0v) is 11.7. The lowest BCUT2D eigenvalue weighted by molar-refractivity contribution is 0.659. The normalized spacial score (nSPS) is 12.2. The van der Waals surface area contributed by atoms with Gasteiger partial charge in [-0.05, 0) is 36.6 Å². The van der Waals surface area contributed by atoms with Crippen molar-refractivity contribution in [2.75, 3.05) is 18.5 Å². The predicted molar refractivity (Wildman–Crippen MR) is 83.4 cm³/mol. The van der Waals surface area contributed by atoms with E-state index in [-0.39, 0.29) is 6.04 Å². The third-order valence-electron chi connectivity index (χ3n) is 3.34. The largest absolute Gasteiger partial charge is 0.375 e. The molecular formula is C17H22N2. The Morgan fingerprint density at radius 2 is 1.53 bits per heavy atom. The minimum atomic E-state index is 0.256. The van der Waals surface area contributed by atoms with Crippen molar-refractivity contribution >= 4 is 5.69 Å². The minimum absolute atomic E-state index is 0.256. The van der Waals surface area contributed by atoms with Crippen LogP contribution in [0.5, 0.6) is 0 Å². The van der Waals surface area contributed by atoms with Crippen LogP contribution in [0.15, 0.2) is 54.6 Å². The second-order valence-corrected chi connectivity index (χ2v) is 5.10. The molecule has 19 heavy (non-hydrogen) atoms. The monoisotopic (exact) mass is 254 g/mol. The van der Waals surface area contributed by atoms with Crippen LogP contribution in [-0.4, -0.2) is 19.6 Å². The fourth-order valence-corrected chi connectivity index (χ4v) is 2.07. The van der Waals surface area contributed by atoms with Crippen molar-refractivity contribution in [1.29, 1.82) is 0 Å². The van der Waals surface area contributed by atoms with Gasteiger partial charge in [-0.3, -0.25) is 0 Å². The number of anilines is 1. The van der Waals surface area contributed by atoms with Gasteiger partial charge in [0, 0.05) is 25.3 Å². The van der Waals surface area contributed by atoms with E-state index in [9.17, 15) is 0 Å². The van der Waals surface area contributed by atoms with Crippen molar-refractivity contribution in [3.63, 3.8) is 0 Å². The molecule has 0 saturated carbocycles. The van der Waals surface area contributed by atoms with Crippen molar-refractivity contribution < 1.29 is 0 Å². The Hall–Kier alpha value is -1.80. The molecule has 0 aliphatic heterocycles. The summed E-state index contributed by atoms with van der Waals surface area (Å²) in [6.45, 7) is 3.04. The Bertz CT molecular complexity index is 488. The molecule has 2 aromatic rings. The number of nitrogens with zero attached hydrogens (tertiary/aromatic N) is 1. The molecule has 0 spiro atoms. The smallest absolute Gasteiger partial charge is 0.0364 e. The Labute approximate surface area is 115 Å². The molecule has 0 bridgehead atoms. The van der Waals surface area contributed by atoms with Gasteiger partial charge >= 0.3 is 0 Å². The zero-order valence-electron chi connectivity index (χ0n) is 11.7. The van der Waals surface area contributed by atoms with Gasteiger partial charge < -0.3 is 10.6 Å². The molecule has 2 N–H and O–H groups in total. The molecule has 2 aromatic carbocycles. The molecule has 0 radical (unpaired) electrons. The van der Waals surface area contributed by atoms with Gasteiger partial charge in [-0.2, -0.15) is 0 Å². The van der Waals surface area contributed by atoms with E-state index >= 15 is 0 Å². The van der Waals surface area contributed by atoms with Crippen LogP contribution in [0.1, 0.15) is 13.3 Å². The van der Waals surface area contributed by atoms with Crippen molar-refractivity contribution in [2.24, 2.45) is 5.73 Å². The van der Waals surface area contributed by atoms with Crippen LogP contribution < -0.4 is 10.6 Å². The second kappa shape index (κ2) is 6.39. The zero-order chi connectivity index (χ0) is 13.7. The van der Waals surface area contributed by atoms with Crippen molar-refractivity contribution in [1.82, 2.24) is 0 Å². The highest BCUT2D eigenvalue weighted by Crippen LogP contribution is 2.22. The lowest BCUT2D eigenvalue weighted by atomic mass is 10.1. The van der Waals surface area contributed by atoms with Crippen LogP contribution in [-0.2, 0) is 0 Å². The van der Waals surface area contributed by atoms with Crippen LogP contribution in [0.4, 0.5) is 5.69 Å². The fraction of sp³-hybridized carbons (Fsp3) is 0.294. The van der Waals surface area contributed by atoms with Crippen LogP contribution >= 0.6 is 0 Å². The summed E-state index contributed by atoms with van der Waals surface area (Å²) in [5.41, 5.74) is 9.54. The van der Waals surface area contributed by atoms with Crippen molar-refractivity contribution in [3.8, 4) is 11.1 Å². The molecule has 100 valence electrons. The summed E-state index contributed by atoms with van der Waals surface area (Å²) in [7, 11) is 2.11. The standard InChI is InChI=1S/C17H22N2/c1-14(18)12-13-19(2)17-10-8-16(9-11-17)15-6-4-3-5-7-15/h3-11,14H,12-13,18H2,1-2H3. The number of nitrogens with two attached hydrogens (primary N) is 1. The van der Waals surface area contributed by atoms with Crippen LogP contribution in [0, 0.1) is 0 Å². The van der Waals surface area contributed by atoms with E-state index in [0.29, 0.717) is 0 Å². The van der Waals surface area contributed by atoms with Gasteiger partial charge in [-0.25, -0.2) is 0 Å². The first-order chi connectivity index (χ1) is 9.16. The SMILES string of the molecule is CC(N)CCN(C)c1ccc(-c2ccccc2)cc1. The quantitative estimate of drug-likeness (QED) is 0.884. The Morgan fingerprint density at radius 3 is 2.11 bits per heavy atom. The number of benzene rings is 2. The van der Waals surface area contributed by atoms with E-state index < -0.39 is 0 Å². The Morgan fingerprint density at radius 1 is 0.947 bits per heavy atom. The maximum atomic E-state index is 5.79. The van der Waals surface area contributed by atoms with Gasteiger partial charge in [-0.15, -0.1) is 0 Å². The van der Waals surface area contributed by atoms with E-state index in [1.807, 2.05) is 13.0 Å². The number of rotatable bonds is 5. The highest BCUT2D eigenvalue weighted by atomic mass is 15.1. The van der Waals surface area contributed by atoms with Gasteiger partial charge in [0.2, 0.25) is 0 Å². The molecule has 2 rings (SSSR count). The van der Waals surface area contributed by atoms with Gasteiger partial charge in [0.15, 0.2) is 0 Å². The summed E-state index contributed by atoms with van der Waals surface area (Å²) in [5.74, 6) is 0. The molecule has 0 fully saturated rings. The first-order valence-corrected chi connectivity index (χ1v) is 6.79. The first kappa shape index (κ1) is 13.6. The molecule has 0 heterocycles. The molecule has 0 aromatic heterocycles. The maximum Gasteiger partial charge on any atom is 0.0364 e. The molecule has 0 aliphatic rings. The summed E-state index contributed by atoms with van der Waals surface area (Å²) < 4.78 is 0. The lowest BCUT2D eigenvalue weighted by Crippen LogP contribution is -2.25. The number of hydrogen-bond donors (Lipinski definition) is 1. The average Bonchev–Trinajstić information content (AvgIpc) is 2.46. The Balaban J connectivity index is 2.06. The average molecular weight is 254 g/mol. The maximum absolute atomic E-state index is 5.79. The molecule has 0 saturated heterocycles. The Kier molecular flexibility index (Phi) is 4.58. The number of hydrogen-bond acceptors (Lipinski definition) is 2. The molecular weight excluding hydrogens is 232 g/mol. The van der Waals surface area contributed by atoms with E-state index in [1.165, 1.54) is 16.8 Å². The molecule has 0 amide bonds. The molecule has 1 atom stereocenters. The van der Waals surface area contributed by atoms with E-state index in [2.05, 4.69) is 60.5 Å². The second-order valence-electron chi connectivity index (χ2n) is 5.10. The highest BCUT2D eigenvalue weighted by molar-refractivity contribution is 5.66. The van der Waals surface area contributed by atoms with Gasteiger partial charge in [0.1, 0.15) is 0 Å². The topological polar surface area (TPSA) is 29.3 Å². The summed E-state index contributed by atoms with van der Waals surface area (Å²) in [5, 5.41) is 0. The van der Waals surface area contributed by atoms with E-state index in [4.69, 9.17) is 5.73 Å². The van der Waals surface area contributed by atoms with E-state index in [0.717, 1.165) is 13.0 Å². The lowest BCUT2D eigenvalue weighted by Gasteiger charge is -2.20. The summed E-state index contributed by atoms with van der Waals surface area (Å²) >= 11 is 0. The van der Waals surface area contributed by atoms with Gasteiger partial charge in [-0.1, -0.05) is 42.5 Å². The third kappa shape index (κ3) is 3.83. The van der Waals surface area contributed by atoms with Crippen LogP contribution in [0.2, 0.25) is 0 Å². The van der Waals surface area contributed by atoms with Crippen molar-refractivity contribution in [3.05, 3.63) is 54.6 Å². The highest BCUT2D eigenvalue weighted by Gasteiger charge is 2.03. The third-order valence-corrected chi connectivity index (χ3v) is 3.34. The summed E-state index contributed by atoms with van der Waals surface area (Å²) in [6.07, 6.45) is 1.01. The molecule has 2 heteroatoms. The van der Waals surface area contributed by atoms with Crippen LogP contribution in [0.25, 0.3) is 11.1 Å².